The zero-order valence-corrected chi connectivity index (χ0v) is 16.4. The molecule has 0 aliphatic carbocycles. The van der Waals surface area contributed by atoms with Gasteiger partial charge in [-0.2, -0.15) is 10.2 Å². The molecule has 0 aliphatic rings. The van der Waals surface area contributed by atoms with Crippen molar-refractivity contribution in [3.8, 4) is 0 Å². The second kappa shape index (κ2) is 7.97. The van der Waals surface area contributed by atoms with Gasteiger partial charge < -0.3 is 15.4 Å². The first-order valence-electron chi connectivity index (χ1n) is 8.63. The van der Waals surface area contributed by atoms with Crippen LogP contribution in [0.25, 0.3) is 0 Å². The van der Waals surface area contributed by atoms with Crippen molar-refractivity contribution in [2.75, 3.05) is 17.7 Å². The smallest absolute Gasteiger partial charge is 0.337 e. The van der Waals surface area contributed by atoms with Gasteiger partial charge in [0, 0.05) is 19.7 Å². The quantitative estimate of drug-likeness (QED) is 0.634. The van der Waals surface area contributed by atoms with Crippen molar-refractivity contribution in [2.24, 2.45) is 14.1 Å². The number of hydrogen-bond acceptors (Lipinski definition) is 6. The molecule has 2 amide bonds. The number of aromatic nitrogens is 4. The van der Waals surface area contributed by atoms with E-state index in [0.717, 1.165) is 5.69 Å². The molecule has 0 spiro atoms. The molecule has 3 rings (SSSR count). The normalized spacial score (nSPS) is 10.5. The highest BCUT2D eigenvalue weighted by atomic mass is 16.5. The summed E-state index contributed by atoms with van der Waals surface area (Å²) in [6.45, 7) is 1.83. The molecule has 29 heavy (non-hydrogen) atoms. The zero-order chi connectivity index (χ0) is 21.1. The number of carbonyl (C=O) groups is 3. The van der Waals surface area contributed by atoms with Gasteiger partial charge >= 0.3 is 5.97 Å². The van der Waals surface area contributed by atoms with Crippen molar-refractivity contribution in [1.29, 1.82) is 0 Å². The fourth-order valence-electron chi connectivity index (χ4n) is 2.67. The minimum absolute atomic E-state index is 0.188. The van der Waals surface area contributed by atoms with Crippen LogP contribution in [-0.4, -0.2) is 44.5 Å². The molecular formula is C19H20N6O4. The van der Waals surface area contributed by atoms with Crippen LogP contribution in [0.5, 0.6) is 0 Å². The molecule has 0 atom stereocenters. The summed E-state index contributed by atoms with van der Waals surface area (Å²) in [5.41, 5.74) is 2.45. The van der Waals surface area contributed by atoms with Crippen LogP contribution in [0.4, 0.5) is 11.4 Å². The molecule has 1 aromatic carbocycles. The maximum atomic E-state index is 12.7. The Hall–Kier alpha value is -3.95. The van der Waals surface area contributed by atoms with Crippen molar-refractivity contribution < 1.29 is 19.1 Å². The predicted octanol–water partition coefficient (Wildman–Crippen LogP) is 1.75. The summed E-state index contributed by atoms with van der Waals surface area (Å²) in [5, 5.41) is 13.6. The minimum atomic E-state index is -0.492. The molecule has 0 aliphatic heterocycles. The minimum Gasteiger partial charge on any atom is -0.465 e. The van der Waals surface area contributed by atoms with E-state index in [9.17, 15) is 14.4 Å². The Morgan fingerprint density at radius 3 is 2.00 bits per heavy atom. The second-order valence-corrected chi connectivity index (χ2v) is 6.27. The Bertz CT molecular complexity index is 1080. The van der Waals surface area contributed by atoms with E-state index in [-0.39, 0.29) is 11.4 Å². The third-order valence-electron chi connectivity index (χ3n) is 4.45. The number of amides is 2. The fraction of sp³-hybridized carbons (Fsp3) is 0.211. The van der Waals surface area contributed by atoms with Crippen LogP contribution in [0.1, 0.15) is 36.9 Å². The van der Waals surface area contributed by atoms with Crippen LogP contribution in [-0.2, 0) is 18.8 Å². The second-order valence-electron chi connectivity index (χ2n) is 6.27. The fourth-order valence-corrected chi connectivity index (χ4v) is 2.67. The number of carbonyl (C=O) groups excluding carboxylic acids is 3. The average molecular weight is 396 g/mol. The molecule has 0 saturated carbocycles. The Morgan fingerprint density at radius 1 is 0.862 bits per heavy atom. The van der Waals surface area contributed by atoms with Gasteiger partial charge in [0.25, 0.3) is 11.8 Å². The number of anilines is 2. The van der Waals surface area contributed by atoms with Crippen molar-refractivity contribution in [1.82, 2.24) is 19.6 Å². The van der Waals surface area contributed by atoms with Crippen molar-refractivity contribution >= 4 is 29.2 Å². The largest absolute Gasteiger partial charge is 0.465 e. The maximum Gasteiger partial charge on any atom is 0.337 e. The number of benzene rings is 1. The van der Waals surface area contributed by atoms with Crippen LogP contribution >= 0.6 is 0 Å². The summed E-state index contributed by atoms with van der Waals surface area (Å²) in [6.07, 6.45) is 2.94. The van der Waals surface area contributed by atoms with Crippen LogP contribution in [0.2, 0.25) is 0 Å². The van der Waals surface area contributed by atoms with Crippen LogP contribution in [0.15, 0.2) is 36.7 Å². The molecule has 0 saturated heterocycles. The van der Waals surface area contributed by atoms with Gasteiger partial charge in [0.2, 0.25) is 0 Å². The number of ether oxygens (including phenoxy) is 1. The Balaban J connectivity index is 1.78. The van der Waals surface area contributed by atoms with Gasteiger partial charge in [-0.15, -0.1) is 0 Å². The first-order valence-corrected chi connectivity index (χ1v) is 8.63. The van der Waals surface area contributed by atoms with Gasteiger partial charge in [-0.25, -0.2) is 4.79 Å². The molecule has 10 nitrogen and oxygen atoms in total. The molecule has 2 heterocycles. The molecule has 150 valence electrons. The van der Waals surface area contributed by atoms with Gasteiger partial charge in [0.1, 0.15) is 5.69 Å². The highest BCUT2D eigenvalue weighted by molar-refractivity contribution is 6.11. The molecule has 0 bridgehead atoms. The van der Waals surface area contributed by atoms with Crippen molar-refractivity contribution in [3.63, 3.8) is 0 Å². The number of nitrogens with zero attached hydrogens (tertiary/aromatic N) is 4. The molecular weight excluding hydrogens is 376 g/mol. The summed E-state index contributed by atoms with van der Waals surface area (Å²) in [7, 11) is 4.66. The summed E-state index contributed by atoms with van der Waals surface area (Å²) >= 11 is 0. The van der Waals surface area contributed by atoms with Crippen LogP contribution in [0.3, 0.4) is 0 Å². The van der Waals surface area contributed by atoms with E-state index in [1.54, 1.807) is 25.0 Å². The standard InChI is InChI=1S/C19H20N6O4/c1-11-14(9-20-24(11)2)22-18(27)16-15(10-21-25(16)3)23-17(26)12-5-7-13(8-6-12)19(28)29-4/h5-10H,1-4H3,(H,22,27)(H,23,26). The highest BCUT2D eigenvalue weighted by Gasteiger charge is 2.21. The van der Waals surface area contributed by atoms with E-state index < -0.39 is 17.8 Å². The number of esters is 1. The number of rotatable bonds is 5. The van der Waals surface area contributed by atoms with Crippen LogP contribution in [0, 0.1) is 6.92 Å². The van der Waals surface area contributed by atoms with Gasteiger partial charge in [0.15, 0.2) is 0 Å². The van der Waals surface area contributed by atoms with E-state index >= 15 is 0 Å². The number of nitrogens with one attached hydrogen (secondary N) is 2. The third-order valence-corrected chi connectivity index (χ3v) is 4.45. The van der Waals surface area contributed by atoms with Crippen molar-refractivity contribution in [3.05, 3.63) is 59.2 Å². The van der Waals surface area contributed by atoms with Gasteiger partial charge in [-0.05, 0) is 31.2 Å². The van der Waals surface area contributed by atoms with E-state index in [1.807, 2.05) is 6.92 Å². The van der Waals surface area contributed by atoms with E-state index in [0.29, 0.717) is 16.8 Å². The lowest BCUT2D eigenvalue weighted by molar-refractivity contribution is 0.0600. The summed E-state index contributed by atoms with van der Waals surface area (Å²) in [5.74, 6) is -1.37. The Labute approximate surface area is 166 Å². The van der Waals surface area contributed by atoms with E-state index in [2.05, 4.69) is 25.6 Å². The molecule has 0 unspecified atom stereocenters. The number of hydrogen-bond donors (Lipinski definition) is 2. The monoisotopic (exact) mass is 396 g/mol. The molecule has 0 fully saturated rings. The topological polar surface area (TPSA) is 120 Å². The lowest BCUT2D eigenvalue weighted by Crippen LogP contribution is -2.20. The average Bonchev–Trinajstić information content (AvgIpc) is 3.24. The third kappa shape index (κ3) is 4.00. The SMILES string of the molecule is COC(=O)c1ccc(C(=O)Nc2cnn(C)c2C(=O)Nc2cnn(C)c2C)cc1. The zero-order valence-electron chi connectivity index (χ0n) is 16.4. The first kappa shape index (κ1) is 19.8. The molecule has 2 aromatic heterocycles. The molecule has 3 aromatic rings. The van der Waals surface area contributed by atoms with E-state index in [1.165, 1.54) is 42.3 Å². The summed E-state index contributed by atoms with van der Waals surface area (Å²) in [4.78, 5) is 36.8. The summed E-state index contributed by atoms with van der Waals surface area (Å²) < 4.78 is 7.65. The van der Waals surface area contributed by atoms with Gasteiger partial charge in [0.05, 0.1) is 42.1 Å². The Morgan fingerprint density at radius 2 is 1.41 bits per heavy atom. The van der Waals surface area contributed by atoms with Crippen LogP contribution < -0.4 is 10.6 Å². The highest BCUT2D eigenvalue weighted by Crippen LogP contribution is 2.19. The van der Waals surface area contributed by atoms with Crippen molar-refractivity contribution in [2.45, 2.75) is 6.92 Å². The van der Waals surface area contributed by atoms with Gasteiger partial charge in [-0.3, -0.25) is 19.0 Å². The molecule has 0 radical (unpaired) electrons. The first-order chi connectivity index (χ1) is 13.8. The lowest BCUT2D eigenvalue weighted by atomic mass is 10.1. The molecule has 2 N–H and O–H groups in total. The van der Waals surface area contributed by atoms with E-state index in [4.69, 9.17) is 0 Å². The maximum absolute atomic E-state index is 12.7. The molecule has 10 heteroatoms. The number of methoxy groups -OCH3 is 1. The summed E-state index contributed by atoms with van der Waals surface area (Å²) in [6, 6.07) is 5.97. The predicted molar refractivity (Wildman–Crippen MR) is 105 cm³/mol. The van der Waals surface area contributed by atoms with Gasteiger partial charge in [-0.1, -0.05) is 0 Å². The lowest BCUT2D eigenvalue weighted by Gasteiger charge is -2.09. The Kier molecular flexibility index (Phi) is 5.44. The number of aryl methyl sites for hydroxylation is 2.